The van der Waals surface area contributed by atoms with Gasteiger partial charge < -0.3 is 24.1 Å². The predicted molar refractivity (Wildman–Crippen MR) is 244 cm³/mol. The maximum atomic E-state index is 13.4. The van der Waals surface area contributed by atoms with Crippen molar-refractivity contribution < 1.29 is 31.8 Å². The van der Waals surface area contributed by atoms with Crippen LogP contribution >= 0.6 is 0 Å². The highest BCUT2D eigenvalue weighted by Crippen LogP contribution is 2.52. The maximum absolute atomic E-state index is 13.4. The van der Waals surface area contributed by atoms with Crippen LogP contribution in [0.2, 0.25) is 0 Å². The maximum Gasteiger partial charge on any atom is 0.258 e. The van der Waals surface area contributed by atoms with Gasteiger partial charge in [0.2, 0.25) is 20.0 Å². The minimum atomic E-state index is -3.66. The average molecular weight is 895 g/mol. The van der Waals surface area contributed by atoms with E-state index in [1.54, 1.807) is 71.8 Å². The van der Waals surface area contributed by atoms with Crippen LogP contribution in [0.1, 0.15) is 61.8 Å². The Hall–Kier alpha value is -5.32. The van der Waals surface area contributed by atoms with E-state index in [2.05, 4.69) is 0 Å². The summed E-state index contributed by atoms with van der Waals surface area (Å²) in [5.74, 6) is 0.520. The fraction of sp³-hybridized carbons (Fsp3) is 0.375. The lowest BCUT2D eigenvalue weighted by Gasteiger charge is -2.41. The fourth-order valence-corrected chi connectivity index (χ4v) is 13.2. The molecular formula is C48H54N4O9S2. The number of rotatable bonds is 4. The Bertz CT molecular complexity index is 2930. The Balaban J connectivity index is 0.000000170. The van der Waals surface area contributed by atoms with Gasteiger partial charge in [-0.2, -0.15) is 8.61 Å². The molecule has 6 heterocycles. The standard InChI is InChI=1S/2C24H26N2O4S.H2O/c2*1-15-9-11-16(12-10-15)31(28,29)26-13-18-19(14-26)24(2,3)30-22-17-7-5-6-8-20(17)25(4)23(27)21(18)22;/h2*5-12,18-19H,13-14H2,1-4H3;1H2/t2*18-,19+;/m10./s1. The number of fused-ring (bicyclic) bond motifs is 10. The molecule has 2 N–H and O–H groups in total. The van der Waals surface area contributed by atoms with Crippen LogP contribution < -0.4 is 20.6 Å². The lowest BCUT2D eigenvalue weighted by molar-refractivity contribution is 0.0263. The lowest BCUT2D eigenvalue weighted by Crippen LogP contribution is -2.47. The molecule has 0 saturated carbocycles. The third-order valence-corrected chi connectivity index (χ3v) is 17.4. The molecule has 15 heteroatoms. The van der Waals surface area contributed by atoms with Crippen LogP contribution in [0.3, 0.4) is 0 Å². The van der Waals surface area contributed by atoms with Crippen LogP contribution in [-0.2, 0) is 34.1 Å². The van der Waals surface area contributed by atoms with E-state index in [1.807, 2.05) is 90.1 Å². The summed E-state index contributed by atoms with van der Waals surface area (Å²) in [4.78, 5) is 27.3. The normalized spacial score (nSPS) is 22.3. The molecule has 13 nitrogen and oxygen atoms in total. The molecule has 2 saturated heterocycles. The predicted octanol–water partition coefficient (Wildman–Crippen LogP) is 6.02. The summed E-state index contributed by atoms with van der Waals surface area (Å²) in [5, 5.41) is 1.76. The first-order chi connectivity index (χ1) is 29.2. The number of para-hydroxylation sites is 2. The lowest BCUT2D eigenvalue weighted by atomic mass is 9.76. The summed E-state index contributed by atoms with van der Waals surface area (Å²) in [6, 6.07) is 29.2. The van der Waals surface area contributed by atoms with Crippen molar-refractivity contribution in [2.75, 3.05) is 26.2 Å². The molecule has 4 aromatic carbocycles. The number of aromatic nitrogens is 2. The van der Waals surface area contributed by atoms with Crippen LogP contribution in [0.5, 0.6) is 11.5 Å². The Kier molecular flexibility index (Phi) is 10.9. The Morgan fingerprint density at radius 1 is 0.524 bits per heavy atom. The summed E-state index contributed by atoms with van der Waals surface area (Å²) < 4.78 is 72.7. The van der Waals surface area contributed by atoms with Gasteiger partial charge in [-0.15, -0.1) is 0 Å². The van der Waals surface area contributed by atoms with Crippen LogP contribution in [0, 0.1) is 25.7 Å². The average Bonchev–Trinajstić information content (AvgIpc) is 3.91. The first-order valence-corrected chi connectivity index (χ1v) is 23.9. The second kappa shape index (κ2) is 15.4. The number of nitrogens with zero attached hydrogens (tertiary/aromatic N) is 4. The minimum absolute atomic E-state index is 0. The van der Waals surface area contributed by atoms with Crippen LogP contribution in [-0.4, -0.2) is 77.4 Å². The molecule has 4 atom stereocenters. The molecule has 4 aliphatic rings. The van der Waals surface area contributed by atoms with E-state index in [4.69, 9.17) is 9.47 Å². The monoisotopic (exact) mass is 894 g/mol. The quantitative estimate of drug-likeness (QED) is 0.207. The van der Waals surface area contributed by atoms with E-state index in [1.165, 1.54) is 8.61 Å². The highest BCUT2D eigenvalue weighted by Gasteiger charge is 2.54. The van der Waals surface area contributed by atoms with Crippen molar-refractivity contribution in [1.82, 2.24) is 17.7 Å². The molecule has 0 amide bonds. The minimum Gasteiger partial charge on any atom is -0.486 e. The molecule has 2 fully saturated rings. The van der Waals surface area contributed by atoms with Crippen molar-refractivity contribution in [3.8, 4) is 11.5 Å². The number of sulfonamides is 2. The van der Waals surface area contributed by atoms with E-state index in [0.29, 0.717) is 35.7 Å². The summed E-state index contributed by atoms with van der Waals surface area (Å²) in [6.07, 6.45) is 0. The summed E-state index contributed by atoms with van der Waals surface area (Å²) in [5.41, 5.74) is 3.36. The zero-order valence-electron chi connectivity index (χ0n) is 36.7. The molecule has 0 spiro atoms. The van der Waals surface area contributed by atoms with E-state index in [9.17, 15) is 26.4 Å². The van der Waals surface area contributed by atoms with Gasteiger partial charge in [0.05, 0.1) is 32.0 Å². The molecule has 332 valence electrons. The fourth-order valence-electron chi connectivity index (χ4n) is 10.2. The molecule has 10 rings (SSSR count). The Morgan fingerprint density at radius 2 is 0.857 bits per heavy atom. The topological polar surface area (TPSA) is 169 Å². The second-order valence-electron chi connectivity index (χ2n) is 18.4. The summed E-state index contributed by atoms with van der Waals surface area (Å²) >= 11 is 0. The van der Waals surface area contributed by atoms with Gasteiger partial charge in [-0.25, -0.2) is 16.8 Å². The number of hydrogen-bond acceptors (Lipinski definition) is 8. The van der Waals surface area contributed by atoms with E-state index < -0.39 is 31.2 Å². The zero-order chi connectivity index (χ0) is 44.3. The van der Waals surface area contributed by atoms with E-state index in [0.717, 1.165) is 32.9 Å². The molecule has 6 aromatic rings. The van der Waals surface area contributed by atoms with Crippen molar-refractivity contribution in [1.29, 1.82) is 0 Å². The largest absolute Gasteiger partial charge is 0.486 e. The van der Waals surface area contributed by atoms with Crippen LogP contribution in [0.25, 0.3) is 21.8 Å². The number of pyridine rings is 2. The van der Waals surface area contributed by atoms with Crippen molar-refractivity contribution in [3.63, 3.8) is 0 Å². The highest BCUT2D eigenvalue weighted by atomic mass is 32.2. The van der Waals surface area contributed by atoms with E-state index >= 15 is 0 Å². The SMILES string of the molecule is Cc1ccc(S(=O)(=O)N2C[C@@H]3c4c(c5ccccc5n(C)c4=O)OC(C)(C)[C@@H]3C2)cc1.Cc1ccc(S(=O)(=O)N2C[C@H]3c4c(c5ccccc5n(C)c4=O)OC(C)(C)[C@H]3C2)cc1.O. The first-order valence-electron chi connectivity index (χ1n) is 21.0. The van der Waals surface area contributed by atoms with Gasteiger partial charge in [0.15, 0.2) is 0 Å². The van der Waals surface area contributed by atoms with Crippen molar-refractivity contribution in [2.24, 2.45) is 25.9 Å². The molecule has 63 heavy (non-hydrogen) atoms. The van der Waals surface area contributed by atoms with Crippen molar-refractivity contribution in [3.05, 3.63) is 140 Å². The van der Waals surface area contributed by atoms with Gasteiger partial charge in [0, 0.05) is 74.7 Å². The van der Waals surface area contributed by atoms with Crippen molar-refractivity contribution in [2.45, 2.75) is 74.4 Å². The van der Waals surface area contributed by atoms with Gasteiger partial charge >= 0.3 is 0 Å². The third kappa shape index (κ3) is 7.08. The molecule has 0 radical (unpaired) electrons. The summed E-state index contributed by atoms with van der Waals surface area (Å²) in [6.45, 7) is 13.0. The van der Waals surface area contributed by atoms with Gasteiger partial charge in [-0.1, -0.05) is 59.7 Å². The van der Waals surface area contributed by atoms with Gasteiger partial charge in [0.1, 0.15) is 22.7 Å². The van der Waals surface area contributed by atoms with Gasteiger partial charge in [-0.05, 0) is 90.1 Å². The van der Waals surface area contributed by atoms with Crippen LogP contribution in [0.15, 0.2) is 116 Å². The van der Waals surface area contributed by atoms with E-state index in [-0.39, 0.29) is 63.1 Å². The Labute approximate surface area is 367 Å². The molecule has 0 unspecified atom stereocenters. The smallest absolute Gasteiger partial charge is 0.258 e. The van der Waals surface area contributed by atoms with Crippen LogP contribution in [0.4, 0.5) is 0 Å². The van der Waals surface area contributed by atoms with Gasteiger partial charge in [-0.3, -0.25) is 9.59 Å². The molecular weight excluding hydrogens is 841 g/mol. The zero-order valence-corrected chi connectivity index (χ0v) is 38.4. The molecule has 0 bridgehead atoms. The number of ether oxygens (including phenoxy) is 2. The number of aryl methyl sites for hydroxylation is 4. The third-order valence-electron chi connectivity index (χ3n) is 13.7. The number of benzene rings is 4. The van der Waals surface area contributed by atoms with Gasteiger partial charge in [0.25, 0.3) is 11.1 Å². The first kappa shape index (κ1) is 44.3. The molecule has 0 aliphatic carbocycles. The summed E-state index contributed by atoms with van der Waals surface area (Å²) in [7, 11) is -3.81. The molecule has 2 aromatic heterocycles. The van der Waals surface area contributed by atoms with Crippen molar-refractivity contribution >= 4 is 41.9 Å². The highest BCUT2D eigenvalue weighted by molar-refractivity contribution is 7.89. The number of hydrogen-bond donors (Lipinski definition) is 0. The Morgan fingerprint density at radius 3 is 1.21 bits per heavy atom. The molecule has 4 aliphatic heterocycles. The second-order valence-corrected chi connectivity index (χ2v) is 22.2.